The summed E-state index contributed by atoms with van der Waals surface area (Å²) in [6.07, 6.45) is 1.89. The van der Waals surface area contributed by atoms with Crippen molar-refractivity contribution in [2.75, 3.05) is 20.8 Å². The molecule has 0 aromatic heterocycles. The summed E-state index contributed by atoms with van der Waals surface area (Å²) >= 11 is 3.47. The molecule has 0 N–H and O–H groups in total. The predicted octanol–water partition coefficient (Wildman–Crippen LogP) is 2.60. The molecule has 1 aromatic carbocycles. The summed E-state index contributed by atoms with van der Waals surface area (Å²) in [5.74, 6) is 0.699. The van der Waals surface area contributed by atoms with E-state index in [1.807, 2.05) is 18.2 Å². The molecule has 1 atom stereocenters. The van der Waals surface area contributed by atoms with Gasteiger partial charge in [-0.2, -0.15) is 0 Å². The van der Waals surface area contributed by atoms with E-state index >= 15 is 0 Å². The molecule has 2 rings (SSSR count). The molecule has 1 heterocycles. The number of nitrogens with zero attached hydrogens (tertiary/aromatic N) is 1. The van der Waals surface area contributed by atoms with Crippen molar-refractivity contribution >= 4 is 21.9 Å². The number of methoxy groups -OCH3 is 2. The second-order valence-corrected chi connectivity index (χ2v) is 5.52. The summed E-state index contributed by atoms with van der Waals surface area (Å²) in [5, 5.41) is 0. The van der Waals surface area contributed by atoms with Crippen LogP contribution in [0, 0.1) is 0 Å². The SMILES string of the molecule is COC(=O)C1CCCN1Cc1cc(Br)ccc1OC. The van der Waals surface area contributed by atoms with Gasteiger partial charge in [0.15, 0.2) is 0 Å². The minimum absolute atomic E-state index is 0.131. The van der Waals surface area contributed by atoms with Gasteiger partial charge in [0.2, 0.25) is 0 Å². The van der Waals surface area contributed by atoms with Gasteiger partial charge in [-0.05, 0) is 37.6 Å². The molecule has 1 aromatic rings. The fourth-order valence-corrected chi connectivity index (χ4v) is 2.92. The predicted molar refractivity (Wildman–Crippen MR) is 76.1 cm³/mol. The smallest absolute Gasteiger partial charge is 0.323 e. The van der Waals surface area contributed by atoms with Crippen molar-refractivity contribution in [3.05, 3.63) is 28.2 Å². The lowest BCUT2D eigenvalue weighted by Gasteiger charge is -2.23. The fraction of sp³-hybridized carbons (Fsp3) is 0.500. The summed E-state index contributed by atoms with van der Waals surface area (Å²) in [5.41, 5.74) is 1.08. The number of carbonyl (C=O) groups excluding carboxylic acids is 1. The molecule has 0 aliphatic carbocycles. The molecule has 0 amide bonds. The van der Waals surface area contributed by atoms with Gasteiger partial charge in [0, 0.05) is 16.6 Å². The van der Waals surface area contributed by atoms with Crippen LogP contribution in [0.25, 0.3) is 0 Å². The third-order valence-electron chi connectivity index (χ3n) is 3.45. The van der Waals surface area contributed by atoms with Crippen LogP contribution in [0.3, 0.4) is 0 Å². The first kappa shape index (κ1) is 14.3. The third-order valence-corrected chi connectivity index (χ3v) is 3.95. The Morgan fingerprint density at radius 3 is 2.95 bits per heavy atom. The minimum Gasteiger partial charge on any atom is -0.496 e. The van der Waals surface area contributed by atoms with Crippen LogP contribution in [-0.2, 0) is 16.1 Å². The number of rotatable bonds is 4. The highest BCUT2D eigenvalue weighted by Crippen LogP contribution is 2.27. The van der Waals surface area contributed by atoms with Crippen LogP contribution < -0.4 is 4.74 Å². The van der Waals surface area contributed by atoms with Crippen LogP contribution in [0.5, 0.6) is 5.75 Å². The number of ether oxygens (including phenoxy) is 2. The van der Waals surface area contributed by atoms with E-state index in [1.165, 1.54) is 7.11 Å². The average Bonchev–Trinajstić information content (AvgIpc) is 2.86. The average molecular weight is 328 g/mol. The monoisotopic (exact) mass is 327 g/mol. The zero-order valence-electron chi connectivity index (χ0n) is 11.2. The summed E-state index contributed by atoms with van der Waals surface area (Å²) < 4.78 is 11.2. The lowest BCUT2D eigenvalue weighted by molar-refractivity contribution is -0.146. The number of benzene rings is 1. The zero-order chi connectivity index (χ0) is 13.8. The molecule has 1 aliphatic heterocycles. The molecule has 1 fully saturated rings. The number of carbonyl (C=O) groups is 1. The van der Waals surface area contributed by atoms with Gasteiger partial charge in [-0.1, -0.05) is 15.9 Å². The first-order chi connectivity index (χ1) is 9.15. The number of hydrogen-bond donors (Lipinski definition) is 0. The van der Waals surface area contributed by atoms with Gasteiger partial charge in [0.25, 0.3) is 0 Å². The van der Waals surface area contributed by atoms with Crippen molar-refractivity contribution < 1.29 is 14.3 Å². The van der Waals surface area contributed by atoms with Gasteiger partial charge in [-0.15, -0.1) is 0 Å². The van der Waals surface area contributed by atoms with Crippen LogP contribution >= 0.6 is 15.9 Å². The highest BCUT2D eigenvalue weighted by molar-refractivity contribution is 9.10. The Hall–Kier alpha value is -1.07. The van der Waals surface area contributed by atoms with Crippen LogP contribution in [0.1, 0.15) is 18.4 Å². The Bertz CT molecular complexity index is 464. The normalized spacial score (nSPS) is 19.4. The van der Waals surface area contributed by atoms with Crippen molar-refractivity contribution in [1.29, 1.82) is 0 Å². The Morgan fingerprint density at radius 1 is 1.47 bits per heavy atom. The van der Waals surface area contributed by atoms with Crippen LogP contribution in [0.2, 0.25) is 0 Å². The maximum Gasteiger partial charge on any atom is 0.323 e. The molecule has 1 aliphatic rings. The maximum atomic E-state index is 11.7. The second-order valence-electron chi connectivity index (χ2n) is 4.61. The Morgan fingerprint density at radius 2 is 2.26 bits per heavy atom. The van der Waals surface area contributed by atoms with Gasteiger partial charge in [-0.3, -0.25) is 9.69 Å². The fourth-order valence-electron chi connectivity index (χ4n) is 2.51. The zero-order valence-corrected chi connectivity index (χ0v) is 12.8. The van der Waals surface area contributed by atoms with E-state index in [0.29, 0.717) is 6.54 Å². The highest BCUT2D eigenvalue weighted by Gasteiger charge is 2.31. The van der Waals surface area contributed by atoms with Crippen LogP contribution in [-0.4, -0.2) is 37.7 Å². The quantitative estimate of drug-likeness (QED) is 0.797. The standard InChI is InChI=1S/C14H18BrNO3/c1-18-13-6-5-11(15)8-10(13)9-16-7-3-4-12(16)14(17)19-2/h5-6,8,12H,3-4,7,9H2,1-2H3. The molecular weight excluding hydrogens is 310 g/mol. The summed E-state index contributed by atoms with van der Waals surface area (Å²) in [7, 11) is 3.10. The number of esters is 1. The third kappa shape index (κ3) is 3.28. The van der Waals surface area contributed by atoms with E-state index in [9.17, 15) is 4.79 Å². The number of hydrogen-bond acceptors (Lipinski definition) is 4. The molecule has 0 bridgehead atoms. The van der Waals surface area contributed by atoms with Crippen LogP contribution in [0.15, 0.2) is 22.7 Å². The molecule has 4 nitrogen and oxygen atoms in total. The second kappa shape index (κ2) is 6.39. The number of halogens is 1. The molecule has 0 saturated carbocycles. The molecular formula is C14H18BrNO3. The molecule has 1 saturated heterocycles. The largest absolute Gasteiger partial charge is 0.496 e. The van der Waals surface area contributed by atoms with E-state index in [2.05, 4.69) is 20.8 Å². The van der Waals surface area contributed by atoms with Crippen molar-refractivity contribution in [1.82, 2.24) is 4.90 Å². The van der Waals surface area contributed by atoms with Gasteiger partial charge in [0.05, 0.1) is 14.2 Å². The molecule has 1 unspecified atom stereocenters. The molecule has 104 valence electrons. The number of likely N-dealkylation sites (tertiary alicyclic amines) is 1. The van der Waals surface area contributed by atoms with Gasteiger partial charge >= 0.3 is 5.97 Å². The van der Waals surface area contributed by atoms with E-state index < -0.39 is 0 Å². The van der Waals surface area contributed by atoms with Gasteiger partial charge < -0.3 is 9.47 Å². The summed E-state index contributed by atoms with van der Waals surface area (Å²) in [4.78, 5) is 13.9. The topological polar surface area (TPSA) is 38.8 Å². The molecule has 5 heteroatoms. The van der Waals surface area contributed by atoms with E-state index in [4.69, 9.17) is 9.47 Å². The van der Waals surface area contributed by atoms with E-state index in [-0.39, 0.29) is 12.0 Å². The maximum absolute atomic E-state index is 11.7. The van der Waals surface area contributed by atoms with E-state index in [1.54, 1.807) is 7.11 Å². The summed E-state index contributed by atoms with van der Waals surface area (Å²) in [6, 6.07) is 5.78. The Labute approximate surface area is 121 Å². The van der Waals surface area contributed by atoms with Crippen molar-refractivity contribution in [3.63, 3.8) is 0 Å². The van der Waals surface area contributed by atoms with Crippen molar-refractivity contribution in [2.45, 2.75) is 25.4 Å². The summed E-state index contributed by atoms with van der Waals surface area (Å²) in [6.45, 7) is 1.61. The Kier molecular flexibility index (Phi) is 4.82. The van der Waals surface area contributed by atoms with Gasteiger partial charge in [-0.25, -0.2) is 0 Å². The molecule has 0 radical (unpaired) electrons. The lowest BCUT2D eigenvalue weighted by atomic mass is 10.1. The highest BCUT2D eigenvalue weighted by atomic mass is 79.9. The lowest BCUT2D eigenvalue weighted by Crippen LogP contribution is -2.36. The van der Waals surface area contributed by atoms with Crippen molar-refractivity contribution in [3.8, 4) is 5.75 Å². The minimum atomic E-state index is -0.147. The Balaban J connectivity index is 2.16. The molecule has 0 spiro atoms. The van der Waals surface area contributed by atoms with Crippen LogP contribution in [0.4, 0.5) is 0 Å². The first-order valence-electron chi connectivity index (χ1n) is 6.30. The van der Waals surface area contributed by atoms with E-state index in [0.717, 1.165) is 35.2 Å². The molecule has 19 heavy (non-hydrogen) atoms. The van der Waals surface area contributed by atoms with Crippen molar-refractivity contribution in [2.24, 2.45) is 0 Å². The first-order valence-corrected chi connectivity index (χ1v) is 7.09. The van der Waals surface area contributed by atoms with Gasteiger partial charge in [0.1, 0.15) is 11.8 Å².